The maximum Gasteiger partial charge on any atom is 0.174 e. The van der Waals surface area contributed by atoms with Crippen LogP contribution in [0.3, 0.4) is 0 Å². The van der Waals surface area contributed by atoms with Crippen molar-refractivity contribution in [3.05, 3.63) is 77.4 Å². The van der Waals surface area contributed by atoms with Gasteiger partial charge in [-0.3, -0.25) is 4.98 Å². The predicted octanol–water partition coefficient (Wildman–Crippen LogP) is 5.08. The van der Waals surface area contributed by atoms with E-state index in [2.05, 4.69) is 89.0 Å². The molecule has 2 atom stereocenters. The molecule has 0 bridgehead atoms. The highest BCUT2D eigenvalue weighted by atomic mass is 32.1. The second kappa shape index (κ2) is 7.68. The molecule has 5 nitrogen and oxygen atoms in total. The second-order valence-electron chi connectivity index (χ2n) is 8.84. The van der Waals surface area contributed by atoms with E-state index in [-0.39, 0.29) is 12.1 Å². The molecule has 0 amide bonds. The number of rotatable bonds is 5. The van der Waals surface area contributed by atoms with Crippen molar-refractivity contribution in [2.45, 2.75) is 44.8 Å². The third-order valence-corrected chi connectivity index (χ3v) is 6.81. The Balaban J connectivity index is 1.62. The lowest BCUT2D eigenvalue weighted by molar-refractivity contribution is 0.562. The van der Waals surface area contributed by atoms with Gasteiger partial charge in [-0.2, -0.15) is 0 Å². The van der Waals surface area contributed by atoms with Crippen molar-refractivity contribution in [2.24, 2.45) is 0 Å². The van der Waals surface area contributed by atoms with E-state index in [0.29, 0.717) is 6.04 Å². The van der Waals surface area contributed by atoms with E-state index in [9.17, 15) is 0 Å². The quantitative estimate of drug-likeness (QED) is 0.570. The fourth-order valence-electron chi connectivity index (χ4n) is 4.86. The van der Waals surface area contributed by atoms with Gasteiger partial charge in [0, 0.05) is 49.1 Å². The van der Waals surface area contributed by atoms with Crippen molar-refractivity contribution < 1.29 is 0 Å². The molecule has 160 valence electrons. The summed E-state index contributed by atoms with van der Waals surface area (Å²) in [6, 6.07) is 17.8. The predicted molar refractivity (Wildman–Crippen MR) is 131 cm³/mol. The minimum absolute atomic E-state index is 0.00428. The topological polar surface area (TPSA) is 36.3 Å². The molecule has 3 heterocycles. The molecule has 2 aromatic heterocycles. The highest BCUT2D eigenvalue weighted by molar-refractivity contribution is 7.80. The normalized spacial score (nSPS) is 20.8. The molecule has 1 aromatic carbocycles. The molecule has 1 saturated heterocycles. The van der Waals surface area contributed by atoms with Gasteiger partial charge in [-0.15, -0.1) is 0 Å². The number of thiocarbonyl (C=S) groups is 1. The van der Waals surface area contributed by atoms with Crippen LogP contribution in [-0.2, 0) is 0 Å². The lowest BCUT2D eigenvalue weighted by Gasteiger charge is -2.28. The van der Waals surface area contributed by atoms with E-state index >= 15 is 0 Å². The zero-order valence-corrected chi connectivity index (χ0v) is 19.4. The minimum Gasteiger partial charge on any atom is -0.378 e. The number of aromatic nitrogens is 2. The zero-order chi connectivity index (χ0) is 21.7. The van der Waals surface area contributed by atoms with Gasteiger partial charge < -0.3 is 19.7 Å². The Bertz CT molecular complexity index is 1100. The summed E-state index contributed by atoms with van der Waals surface area (Å²) in [5.74, 6) is 0. The first kappa shape index (κ1) is 20.1. The van der Waals surface area contributed by atoms with E-state index in [1.54, 1.807) is 0 Å². The largest absolute Gasteiger partial charge is 0.378 e. The molecule has 0 unspecified atom stereocenters. The Hall–Kier alpha value is -2.86. The fourth-order valence-corrected chi connectivity index (χ4v) is 5.20. The summed E-state index contributed by atoms with van der Waals surface area (Å²) in [5.41, 5.74) is 7.28. The van der Waals surface area contributed by atoms with Crippen molar-refractivity contribution in [1.29, 1.82) is 0 Å². The van der Waals surface area contributed by atoms with Gasteiger partial charge in [-0.1, -0.05) is 6.07 Å². The van der Waals surface area contributed by atoms with Gasteiger partial charge in [-0.25, -0.2) is 0 Å². The van der Waals surface area contributed by atoms with Crippen LogP contribution in [-0.4, -0.2) is 28.8 Å². The van der Waals surface area contributed by atoms with Gasteiger partial charge in [-0.05, 0) is 86.9 Å². The third-order valence-electron chi connectivity index (χ3n) is 6.50. The molecular weight excluding hydrogens is 402 g/mol. The van der Waals surface area contributed by atoms with Crippen LogP contribution in [0.2, 0.25) is 0 Å². The Morgan fingerprint density at radius 3 is 2.42 bits per heavy atom. The summed E-state index contributed by atoms with van der Waals surface area (Å²) in [4.78, 5) is 9.06. The Labute approximate surface area is 189 Å². The summed E-state index contributed by atoms with van der Waals surface area (Å²) >= 11 is 5.88. The van der Waals surface area contributed by atoms with E-state index in [4.69, 9.17) is 12.2 Å². The van der Waals surface area contributed by atoms with Crippen LogP contribution >= 0.6 is 12.2 Å². The van der Waals surface area contributed by atoms with Gasteiger partial charge in [0.2, 0.25) is 0 Å². The van der Waals surface area contributed by atoms with Gasteiger partial charge in [0.05, 0.1) is 17.8 Å². The van der Waals surface area contributed by atoms with Crippen molar-refractivity contribution in [3.8, 4) is 0 Å². The molecule has 0 radical (unpaired) electrons. The number of benzene rings is 1. The molecule has 1 aliphatic heterocycles. The van der Waals surface area contributed by atoms with E-state index in [1.165, 1.54) is 35.5 Å². The van der Waals surface area contributed by atoms with Crippen LogP contribution in [0.5, 0.6) is 0 Å². The highest BCUT2D eigenvalue weighted by Crippen LogP contribution is 2.46. The van der Waals surface area contributed by atoms with Gasteiger partial charge in [0.1, 0.15) is 0 Å². The van der Waals surface area contributed by atoms with E-state index in [1.807, 2.05) is 18.3 Å². The number of nitrogens with one attached hydrogen (secondary N) is 1. The molecular formula is C25H29N5S. The molecule has 2 aliphatic rings. The first-order valence-electron chi connectivity index (χ1n) is 10.9. The maximum atomic E-state index is 5.88. The van der Waals surface area contributed by atoms with Crippen LogP contribution in [0.1, 0.15) is 53.6 Å². The van der Waals surface area contributed by atoms with Crippen LogP contribution in [0.4, 0.5) is 11.4 Å². The molecule has 6 heteroatoms. The number of anilines is 2. The summed E-state index contributed by atoms with van der Waals surface area (Å²) in [7, 11) is 4.12. The van der Waals surface area contributed by atoms with Crippen LogP contribution in [0, 0.1) is 13.8 Å². The fraction of sp³-hybridized carbons (Fsp3) is 0.360. The first-order valence-corrected chi connectivity index (χ1v) is 11.3. The standard InChI is InChI=1S/C25H29N5S/c1-16-15-21(17(2)29(16)19-12-13-19)24-23(22-7-5-6-14-26-22)27-25(31)30(24)20-10-8-18(9-11-20)28(3)4/h5-11,14-15,19,23-24H,12-13H2,1-4H3,(H,27,31)/t23-,24+/m1/s1. The van der Waals surface area contributed by atoms with Gasteiger partial charge in [0.15, 0.2) is 5.11 Å². The Morgan fingerprint density at radius 2 is 1.81 bits per heavy atom. The average molecular weight is 432 g/mol. The lowest BCUT2D eigenvalue weighted by Crippen LogP contribution is -2.29. The number of hydrogen-bond donors (Lipinski definition) is 1. The minimum atomic E-state index is -0.00428. The number of hydrogen-bond acceptors (Lipinski definition) is 3. The Morgan fingerprint density at radius 1 is 1.06 bits per heavy atom. The average Bonchev–Trinajstić information content (AvgIpc) is 3.48. The lowest BCUT2D eigenvalue weighted by atomic mass is 9.96. The van der Waals surface area contributed by atoms with Crippen LogP contribution in [0.15, 0.2) is 54.7 Å². The SMILES string of the molecule is Cc1cc([C@H]2[C@@H](c3ccccn3)NC(=S)N2c2ccc(N(C)C)cc2)c(C)n1C1CC1. The number of nitrogens with zero attached hydrogens (tertiary/aromatic N) is 4. The van der Waals surface area contributed by atoms with E-state index in [0.717, 1.165) is 16.5 Å². The molecule has 2 fully saturated rings. The summed E-state index contributed by atoms with van der Waals surface area (Å²) in [5, 5.41) is 4.33. The number of pyridine rings is 1. The van der Waals surface area contributed by atoms with Crippen molar-refractivity contribution in [3.63, 3.8) is 0 Å². The second-order valence-corrected chi connectivity index (χ2v) is 9.22. The molecule has 1 saturated carbocycles. The van der Waals surface area contributed by atoms with Gasteiger partial charge >= 0.3 is 0 Å². The highest BCUT2D eigenvalue weighted by Gasteiger charge is 2.42. The van der Waals surface area contributed by atoms with Crippen LogP contribution in [0.25, 0.3) is 0 Å². The monoisotopic (exact) mass is 431 g/mol. The Kier molecular flexibility index (Phi) is 4.97. The molecule has 1 N–H and O–H groups in total. The van der Waals surface area contributed by atoms with Crippen LogP contribution < -0.4 is 15.1 Å². The third kappa shape index (κ3) is 3.49. The first-order chi connectivity index (χ1) is 15.0. The summed E-state index contributed by atoms with van der Waals surface area (Å²) < 4.78 is 2.51. The van der Waals surface area contributed by atoms with Crippen molar-refractivity contribution >= 4 is 28.7 Å². The van der Waals surface area contributed by atoms with Crippen molar-refractivity contribution in [2.75, 3.05) is 23.9 Å². The number of aryl methyl sites for hydroxylation is 1. The molecule has 5 rings (SSSR count). The summed E-state index contributed by atoms with van der Waals surface area (Å²) in [6.07, 6.45) is 4.41. The van der Waals surface area contributed by atoms with Crippen molar-refractivity contribution in [1.82, 2.24) is 14.9 Å². The smallest absolute Gasteiger partial charge is 0.174 e. The molecule has 3 aromatic rings. The molecule has 31 heavy (non-hydrogen) atoms. The molecule has 0 spiro atoms. The summed E-state index contributed by atoms with van der Waals surface area (Å²) in [6.45, 7) is 4.48. The van der Waals surface area contributed by atoms with E-state index < -0.39 is 0 Å². The zero-order valence-electron chi connectivity index (χ0n) is 18.5. The molecule has 1 aliphatic carbocycles. The van der Waals surface area contributed by atoms with Gasteiger partial charge in [0.25, 0.3) is 0 Å². The maximum absolute atomic E-state index is 5.88.